The molecule has 0 spiro atoms. The Kier molecular flexibility index (Phi) is 5.38. The monoisotopic (exact) mass is 240 g/mol. The minimum absolute atomic E-state index is 0.0937. The number of aliphatic hydroxyl groups is 1. The molecule has 0 aromatic heterocycles. The van der Waals surface area contributed by atoms with Gasteiger partial charge in [0.15, 0.2) is 0 Å². The van der Waals surface area contributed by atoms with E-state index in [9.17, 15) is 10.1 Å². The standard InChI is InChI=1S/C11H17N3O3/c1-9(15)8-12-6-7-13-10-2-4-11(5-3-10)14(16)17/h2-5,9,12-13,15H,6-8H2,1H3/p+1/t9-/m0/s1. The molecule has 4 N–H and O–H groups in total. The van der Waals surface area contributed by atoms with Crippen molar-refractivity contribution in [3.8, 4) is 0 Å². The first-order valence-electron chi connectivity index (χ1n) is 5.57. The summed E-state index contributed by atoms with van der Waals surface area (Å²) in [5, 5.41) is 24.6. The van der Waals surface area contributed by atoms with Crippen LogP contribution in [0.2, 0.25) is 0 Å². The quantitative estimate of drug-likeness (QED) is 0.354. The number of aliphatic hydroxyl groups excluding tert-OH is 1. The van der Waals surface area contributed by atoms with E-state index >= 15 is 0 Å². The highest BCUT2D eigenvalue weighted by Gasteiger charge is 2.03. The Morgan fingerprint density at radius 1 is 1.47 bits per heavy atom. The van der Waals surface area contributed by atoms with E-state index in [4.69, 9.17) is 5.11 Å². The van der Waals surface area contributed by atoms with Gasteiger partial charge in [-0.2, -0.15) is 0 Å². The molecule has 0 unspecified atom stereocenters. The summed E-state index contributed by atoms with van der Waals surface area (Å²) in [6.07, 6.45) is -0.297. The number of nitrogens with one attached hydrogen (secondary N) is 1. The third-order valence-electron chi connectivity index (χ3n) is 2.26. The predicted octanol–water partition coefficient (Wildman–Crippen LogP) is -0.0491. The van der Waals surface area contributed by atoms with Crippen LogP contribution in [0.15, 0.2) is 24.3 Å². The van der Waals surface area contributed by atoms with Gasteiger partial charge >= 0.3 is 0 Å². The molecule has 0 aliphatic rings. The highest BCUT2D eigenvalue weighted by Crippen LogP contribution is 2.14. The molecule has 94 valence electrons. The highest BCUT2D eigenvalue weighted by atomic mass is 16.6. The lowest BCUT2D eigenvalue weighted by Crippen LogP contribution is -2.87. The van der Waals surface area contributed by atoms with Gasteiger partial charge in [0.05, 0.1) is 24.1 Å². The maximum atomic E-state index is 10.4. The van der Waals surface area contributed by atoms with Gasteiger partial charge in [0.25, 0.3) is 5.69 Å². The molecule has 0 heterocycles. The van der Waals surface area contributed by atoms with Crippen molar-refractivity contribution in [1.82, 2.24) is 0 Å². The van der Waals surface area contributed by atoms with Crippen LogP contribution in [0.25, 0.3) is 0 Å². The molecular formula is C11H18N3O3+. The molecule has 0 radical (unpaired) electrons. The fourth-order valence-corrected chi connectivity index (χ4v) is 1.38. The Hall–Kier alpha value is -1.66. The van der Waals surface area contributed by atoms with E-state index in [2.05, 4.69) is 5.32 Å². The van der Waals surface area contributed by atoms with E-state index < -0.39 is 4.92 Å². The van der Waals surface area contributed by atoms with E-state index in [1.165, 1.54) is 12.1 Å². The molecule has 1 aromatic rings. The fourth-order valence-electron chi connectivity index (χ4n) is 1.38. The van der Waals surface area contributed by atoms with Crippen molar-refractivity contribution in [1.29, 1.82) is 0 Å². The summed E-state index contributed by atoms with van der Waals surface area (Å²) in [7, 11) is 0. The first-order chi connectivity index (χ1) is 8.09. The Morgan fingerprint density at radius 3 is 2.65 bits per heavy atom. The number of nitro benzene ring substituents is 1. The van der Waals surface area contributed by atoms with Gasteiger partial charge in [0, 0.05) is 17.8 Å². The van der Waals surface area contributed by atoms with Crippen LogP contribution >= 0.6 is 0 Å². The first kappa shape index (κ1) is 13.4. The van der Waals surface area contributed by atoms with Gasteiger partial charge in [-0.25, -0.2) is 0 Å². The molecular weight excluding hydrogens is 222 g/mol. The van der Waals surface area contributed by atoms with E-state index in [0.717, 1.165) is 18.8 Å². The maximum Gasteiger partial charge on any atom is 0.269 e. The van der Waals surface area contributed by atoms with Crippen molar-refractivity contribution >= 4 is 11.4 Å². The van der Waals surface area contributed by atoms with Crippen LogP contribution in [0.3, 0.4) is 0 Å². The average Bonchev–Trinajstić information content (AvgIpc) is 2.29. The number of non-ortho nitro benzene ring substituents is 1. The highest BCUT2D eigenvalue weighted by molar-refractivity contribution is 5.48. The minimum Gasteiger partial charge on any atom is -0.388 e. The van der Waals surface area contributed by atoms with Gasteiger partial charge in [-0.1, -0.05) is 0 Å². The smallest absolute Gasteiger partial charge is 0.269 e. The van der Waals surface area contributed by atoms with Crippen LogP contribution in [0.1, 0.15) is 6.92 Å². The van der Waals surface area contributed by atoms with Gasteiger partial charge in [-0.15, -0.1) is 0 Å². The zero-order valence-corrected chi connectivity index (χ0v) is 9.80. The van der Waals surface area contributed by atoms with Gasteiger partial charge in [-0.3, -0.25) is 10.1 Å². The van der Waals surface area contributed by atoms with Crippen LogP contribution < -0.4 is 10.6 Å². The summed E-state index contributed by atoms with van der Waals surface area (Å²) >= 11 is 0. The zero-order chi connectivity index (χ0) is 12.7. The van der Waals surface area contributed by atoms with E-state index in [1.807, 2.05) is 5.32 Å². The summed E-state index contributed by atoms with van der Waals surface area (Å²) < 4.78 is 0. The lowest BCUT2D eigenvalue weighted by molar-refractivity contribution is -0.657. The lowest BCUT2D eigenvalue weighted by atomic mass is 10.3. The summed E-state index contributed by atoms with van der Waals surface area (Å²) in [5.74, 6) is 0. The van der Waals surface area contributed by atoms with Crippen LogP contribution in [0, 0.1) is 10.1 Å². The molecule has 1 rings (SSSR count). The number of nitro groups is 1. The SMILES string of the molecule is C[C@H](O)C[NH2+]CCNc1ccc([N+](=O)[O-])cc1. The second kappa shape index (κ2) is 6.82. The van der Waals surface area contributed by atoms with Crippen LogP contribution in [0.5, 0.6) is 0 Å². The largest absolute Gasteiger partial charge is 0.388 e. The predicted molar refractivity (Wildman–Crippen MR) is 64.9 cm³/mol. The summed E-state index contributed by atoms with van der Waals surface area (Å²) in [5.41, 5.74) is 0.956. The second-order valence-electron chi connectivity index (χ2n) is 3.89. The normalized spacial score (nSPS) is 12.1. The van der Waals surface area contributed by atoms with Gasteiger partial charge in [0.2, 0.25) is 0 Å². The number of rotatable bonds is 7. The number of hydrogen-bond acceptors (Lipinski definition) is 4. The summed E-state index contributed by atoms with van der Waals surface area (Å²) in [4.78, 5) is 10.0. The summed E-state index contributed by atoms with van der Waals surface area (Å²) in [6.45, 7) is 4.04. The maximum absolute atomic E-state index is 10.4. The van der Waals surface area contributed by atoms with E-state index in [0.29, 0.717) is 6.54 Å². The number of hydrogen-bond donors (Lipinski definition) is 3. The van der Waals surface area contributed by atoms with Crippen LogP contribution in [-0.4, -0.2) is 35.8 Å². The molecule has 0 bridgehead atoms. The van der Waals surface area contributed by atoms with Gasteiger partial charge < -0.3 is 15.7 Å². The van der Waals surface area contributed by atoms with Gasteiger partial charge in [-0.05, 0) is 19.1 Å². The molecule has 1 aromatic carbocycles. The topological polar surface area (TPSA) is 92.0 Å². The van der Waals surface area contributed by atoms with Gasteiger partial charge in [0.1, 0.15) is 6.54 Å². The third-order valence-corrected chi connectivity index (χ3v) is 2.26. The molecule has 6 heteroatoms. The number of anilines is 1. The van der Waals surface area contributed by atoms with Crippen molar-refractivity contribution in [2.24, 2.45) is 0 Å². The third kappa shape index (κ3) is 5.28. The molecule has 6 nitrogen and oxygen atoms in total. The molecule has 17 heavy (non-hydrogen) atoms. The number of nitrogens with zero attached hydrogens (tertiary/aromatic N) is 1. The molecule has 0 aliphatic heterocycles. The van der Waals surface area contributed by atoms with E-state index in [-0.39, 0.29) is 11.8 Å². The zero-order valence-electron chi connectivity index (χ0n) is 9.80. The number of quaternary nitrogens is 1. The van der Waals surface area contributed by atoms with Crippen molar-refractivity contribution in [2.75, 3.05) is 25.0 Å². The molecule has 0 amide bonds. The van der Waals surface area contributed by atoms with Crippen LogP contribution in [-0.2, 0) is 0 Å². The second-order valence-corrected chi connectivity index (χ2v) is 3.89. The number of nitrogens with two attached hydrogens (primary N) is 1. The first-order valence-corrected chi connectivity index (χ1v) is 5.57. The summed E-state index contributed by atoms with van der Waals surface area (Å²) in [6, 6.07) is 6.32. The van der Waals surface area contributed by atoms with E-state index in [1.54, 1.807) is 19.1 Å². The van der Waals surface area contributed by atoms with Crippen molar-refractivity contribution in [3.63, 3.8) is 0 Å². The Morgan fingerprint density at radius 2 is 2.12 bits per heavy atom. The fraction of sp³-hybridized carbons (Fsp3) is 0.455. The molecule has 0 saturated carbocycles. The molecule has 0 saturated heterocycles. The average molecular weight is 240 g/mol. The Balaban J connectivity index is 2.25. The Bertz CT molecular complexity index is 351. The van der Waals surface area contributed by atoms with Crippen molar-refractivity contribution in [2.45, 2.75) is 13.0 Å². The molecule has 0 aliphatic carbocycles. The molecule has 0 fully saturated rings. The minimum atomic E-state index is -0.416. The van der Waals surface area contributed by atoms with Crippen LogP contribution in [0.4, 0.5) is 11.4 Å². The van der Waals surface area contributed by atoms with Crippen molar-refractivity contribution < 1.29 is 15.3 Å². The molecule has 1 atom stereocenters. The Labute approximate surface area is 99.8 Å². The van der Waals surface area contributed by atoms with Crippen molar-refractivity contribution in [3.05, 3.63) is 34.4 Å². The number of benzene rings is 1. The lowest BCUT2D eigenvalue weighted by Gasteiger charge is -2.06.